The number of hydrogen-bond acceptors (Lipinski definition) is 3. The maximum atomic E-state index is 12.4. The van der Waals surface area contributed by atoms with E-state index in [1.165, 1.54) is 18.4 Å². The monoisotopic (exact) mass is 314 g/mol. The van der Waals surface area contributed by atoms with Crippen LogP contribution >= 0.6 is 0 Å². The van der Waals surface area contributed by atoms with Crippen LogP contribution in [-0.4, -0.2) is 31.1 Å². The van der Waals surface area contributed by atoms with E-state index in [0.717, 1.165) is 18.8 Å². The molecule has 3 aliphatic rings. The van der Waals surface area contributed by atoms with Gasteiger partial charge in [0.2, 0.25) is 5.91 Å². The number of para-hydroxylation sites is 1. The third kappa shape index (κ3) is 3.09. The molecule has 4 heteroatoms. The zero-order valence-electron chi connectivity index (χ0n) is 14.0. The first-order chi connectivity index (χ1) is 11.1. The topological polar surface area (TPSA) is 50.4 Å². The minimum Gasteiger partial charge on any atom is -0.491 e. The van der Waals surface area contributed by atoms with Crippen LogP contribution in [0.4, 0.5) is 0 Å². The fourth-order valence-electron chi connectivity index (χ4n) is 3.86. The van der Waals surface area contributed by atoms with Crippen molar-refractivity contribution in [2.45, 2.75) is 38.1 Å². The summed E-state index contributed by atoms with van der Waals surface area (Å²) in [5.74, 6) is 3.18. The number of rotatable bonds is 6. The molecule has 0 aromatic heterocycles. The van der Waals surface area contributed by atoms with Crippen molar-refractivity contribution in [2.24, 2.45) is 17.8 Å². The fourth-order valence-corrected chi connectivity index (χ4v) is 3.86. The summed E-state index contributed by atoms with van der Waals surface area (Å²) in [7, 11) is 0. The van der Waals surface area contributed by atoms with Crippen LogP contribution in [0.2, 0.25) is 0 Å². The summed E-state index contributed by atoms with van der Waals surface area (Å²) in [6.45, 7) is 6.58. The van der Waals surface area contributed by atoms with Crippen LogP contribution < -0.4 is 15.4 Å². The predicted octanol–water partition coefficient (Wildman–Crippen LogP) is 2.30. The summed E-state index contributed by atoms with van der Waals surface area (Å²) in [6, 6.07) is 8.30. The van der Waals surface area contributed by atoms with Crippen LogP contribution in [-0.2, 0) is 4.79 Å². The van der Waals surface area contributed by atoms with Gasteiger partial charge in [-0.1, -0.05) is 18.2 Å². The molecule has 1 heterocycles. The van der Waals surface area contributed by atoms with E-state index in [1.807, 2.05) is 26.0 Å². The SMILES string of the molecule is CC(C)(COc1ccccc1C1CC1)NC(=O)C1C2CNC[C@@H]21. The fraction of sp³-hybridized carbons (Fsp3) is 0.632. The van der Waals surface area contributed by atoms with Gasteiger partial charge >= 0.3 is 0 Å². The average molecular weight is 314 g/mol. The Morgan fingerprint density at radius 3 is 2.65 bits per heavy atom. The number of nitrogens with one attached hydrogen (secondary N) is 2. The van der Waals surface area contributed by atoms with Crippen molar-refractivity contribution < 1.29 is 9.53 Å². The molecule has 2 unspecified atom stereocenters. The molecule has 1 amide bonds. The van der Waals surface area contributed by atoms with Gasteiger partial charge in [-0.25, -0.2) is 0 Å². The highest BCUT2D eigenvalue weighted by Gasteiger charge is 2.57. The molecule has 23 heavy (non-hydrogen) atoms. The van der Waals surface area contributed by atoms with Crippen molar-refractivity contribution in [1.29, 1.82) is 0 Å². The summed E-state index contributed by atoms with van der Waals surface area (Å²) in [5.41, 5.74) is 0.968. The summed E-state index contributed by atoms with van der Waals surface area (Å²) in [6.07, 6.45) is 2.53. The average Bonchev–Trinajstić information content (AvgIpc) is 3.43. The van der Waals surface area contributed by atoms with E-state index in [2.05, 4.69) is 22.8 Å². The van der Waals surface area contributed by atoms with E-state index in [0.29, 0.717) is 24.4 Å². The van der Waals surface area contributed by atoms with E-state index >= 15 is 0 Å². The minimum absolute atomic E-state index is 0.200. The van der Waals surface area contributed by atoms with Crippen molar-refractivity contribution in [3.05, 3.63) is 29.8 Å². The molecule has 4 nitrogen and oxygen atoms in total. The third-order valence-electron chi connectivity index (χ3n) is 5.38. The van der Waals surface area contributed by atoms with Gasteiger partial charge in [0.05, 0.1) is 5.54 Å². The predicted molar refractivity (Wildman–Crippen MR) is 89.5 cm³/mol. The summed E-state index contributed by atoms with van der Waals surface area (Å²) in [5, 5.41) is 6.52. The number of amides is 1. The Morgan fingerprint density at radius 1 is 1.26 bits per heavy atom. The molecule has 2 N–H and O–H groups in total. The van der Waals surface area contributed by atoms with Gasteiger partial charge in [0.15, 0.2) is 0 Å². The number of piperidine rings is 1. The first kappa shape index (κ1) is 15.0. The summed E-state index contributed by atoms with van der Waals surface area (Å²) < 4.78 is 6.07. The molecular weight excluding hydrogens is 288 g/mol. The molecule has 0 bridgehead atoms. The second-order valence-corrected chi connectivity index (χ2v) is 7.99. The summed E-state index contributed by atoms with van der Waals surface area (Å²) in [4.78, 5) is 12.4. The van der Waals surface area contributed by atoms with Crippen molar-refractivity contribution in [3.63, 3.8) is 0 Å². The lowest BCUT2D eigenvalue weighted by Gasteiger charge is -2.27. The van der Waals surface area contributed by atoms with Crippen LogP contribution in [0.25, 0.3) is 0 Å². The van der Waals surface area contributed by atoms with Gasteiger partial charge in [-0.2, -0.15) is 0 Å². The van der Waals surface area contributed by atoms with Gasteiger partial charge in [0, 0.05) is 5.92 Å². The van der Waals surface area contributed by atoms with Gasteiger partial charge in [0.1, 0.15) is 12.4 Å². The lowest BCUT2D eigenvalue weighted by atomic mass is 10.1. The Hall–Kier alpha value is -1.55. The van der Waals surface area contributed by atoms with Crippen molar-refractivity contribution in [2.75, 3.05) is 19.7 Å². The van der Waals surface area contributed by atoms with E-state index in [4.69, 9.17) is 4.74 Å². The number of carbonyl (C=O) groups is 1. The van der Waals surface area contributed by atoms with Crippen LogP contribution in [0.5, 0.6) is 5.75 Å². The molecule has 3 fully saturated rings. The van der Waals surface area contributed by atoms with Crippen molar-refractivity contribution >= 4 is 5.91 Å². The maximum Gasteiger partial charge on any atom is 0.224 e. The zero-order chi connectivity index (χ0) is 16.0. The van der Waals surface area contributed by atoms with Crippen LogP contribution in [0.3, 0.4) is 0 Å². The van der Waals surface area contributed by atoms with Crippen LogP contribution in [0.15, 0.2) is 24.3 Å². The van der Waals surface area contributed by atoms with Crippen LogP contribution in [0.1, 0.15) is 38.2 Å². The second kappa shape index (κ2) is 5.52. The Morgan fingerprint density at radius 2 is 1.96 bits per heavy atom. The van der Waals surface area contributed by atoms with Gasteiger partial charge in [-0.3, -0.25) is 4.79 Å². The molecular formula is C19H26N2O2. The molecule has 124 valence electrons. The molecule has 0 spiro atoms. The molecule has 4 rings (SSSR count). The van der Waals surface area contributed by atoms with Crippen LogP contribution in [0, 0.1) is 17.8 Å². The highest BCUT2D eigenvalue weighted by molar-refractivity contribution is 5.83. The molecule has 1 aliphatic heterocycles. The number of carbonyl (C=O) groups excluding carboxylic acids is 1. The Balaban J connectivity index is 1.33. The zero-order valence-corrected chi connectivity index (χ0v) is 14.0. The normalized spacial score (nSPS) is 29.0. The molecule has 0 radical (unpaired) electrons. The number of benzene rings is 1. The Labute approximate surface area is 138 Å². The smallest absolute Gasteiger partial charge is 0.224 e. The largest absolute Gasteiger partial charge is 0.491 e. The molecule has 1 saturated heterocycles. The highest BCUT2D eigenvalue weighted by atomic mass is 16.5. The quantitative estimate of drug-likeness (QED) is 0.847. The first-order valence-corrected chi connectivity index (χ1v) is 8.80. The van der Waals surface area contributed by atoms with Crippen molar-refractivity contribution in [3.8, 4) is 5.75 Å². The summed E-state index contributed by atoms with van der Waals surface area (Å²) >= 11 is 0. The third-order valence-corrected chi connectivity index (χ3v) is 5.38. The highest BCUT2D eigenvalue weighted by Crippen LogP contribution is 2.49. The lowest BCUT2D eigenvalue weighted by Crippen LogP contribution is -2.49. The van der Waals surface area contributed by atoms with Gasteiger partial charge in [-0.15, -0.1) is 0 Å². The molecule has 3 atom stereocenters. The standard InChI is InChI=1S/C19H26N2O2/c1-19(2,21-18(22)17-14-9-20-10-15(14)17)11-23-16-6-4-3-5-13(16)12-7-8-12/h3-6,12,14-15,17,20H,7-11H2,1-2H3,(H,21,22)/t14-,15?,17?/m0/s1. The molecule has 1 aromatic rings. The first-order valence-electron chi connectivity index (χ1n) is 8.80. The molecule has 1 aromatic carbocycles. The van der Waals surface area contributed by atoms with Gasteiger partial charge in [0.25, 0.3) is 0 Å². The van der Waals surface area contributed by atoms with Gasteiger partial charge in [-0.05, 0) is 69.2 Å². The van der Waals surface area contributed by atoms with E-state index in [1.54, 1.807) is 0 Å². The van der Waals surface area contributed by atoms with E-state index in [9.17, 15) is 4.79 Å². The number of hydrogen-bond donors (Lipinski definition) is 2. The van der Waals surface area contributed by atoms with Crippen molar-refractivity contribution in [1.82, 2.24) is 10.6 Å². The minimum atomic E-state index is -0.349. The molecule has 2 saturated carbocycles. The number of fused-ring (bicyclic) bond motifs is 1. The Kier molecular flexibility index (Phi) is 3.60. The van der Waals surface area contributed by atoms with Gasteiger partial charge < -0.3 is 15.4 Å². The second-order valence-electron chi connectivity index (χ2n) is 7.99. The van der Waals surface area contributed by atoms with E-state index in [-0.39, 0.29) is 17.4 Å². The lowest BCUT2D eigenvalue weighted by molar-refractivity contribution is -0.125. The maximum absolute atomic E-state index is 12.4. The van der Waals surface area contributed by atoms with E-state index < -0.39 is 0 Å². The Bertz CT molecular complexity index is 599. The molecule has 2 aliphatic carbocycles. The number of ether oxygens (including phenoxy) is 1.